The van der Waals surface area contributed by atoms with Gasteiger partial charge in [0.25, 0.3) is 11.8 Å². The first-order valence-electron chi connectivity index (χ1n) is 20.2. The lowest BCUT2D eigenvalue weighted by atomic mass is 9.89. The molecular weight excluding hydrogens is 745 g/mol. The van der Waals surface area contributed by atoms with Crippen LogP contribution in [0.1, 0.15) is 55.6 Å². The third kappa shape index (κ3) is 8.37. The maximum Gasteiger partial charge on any atom is 0.415 e. The third-order valence-electron chi connectivity index (χ3n) is 11.9. The number of ether oxygens (including phenoxy) is 2. The number of anilines is 2. The summed E-state index contributed by atoms with van der Waals surface area (Å²) in [4.78, 5) is 62.4. The minimum absolute atomic E-state index is 0.0778. The first-order chi connectivity index (χ1) is 28.5. The summed E-state index contributed by atoms with van der Waals surface area (Å²) in [6, 6.07) is 30.5. The second-order valence-electron chi connectivity index (χ2n) is 15.7. The standard InChI is InChI=1S/C47H50N6O6/c1-31-41(45(55)50(4)38-14-6-5-7-15-38)27-44(49(31)3)42-24-34-17-18-52(47(57)59-40-16-10-13-37(26-40)48-32(2)54)28-36(34)25-43(42)46(56)53-29-35-12-9-8-11-33(35)23-39(53)30-51-19-21-58-22-20-51/h5-16,24-27,39H,17-23,28-30H2,1-4H3,(H,48,54)/t39-/m0/s1. The van der Waals surface area contributed by atoms with Crippen LogP contribution in [0.15, 0.2) is 97.1 Å². The fourth-order valence-electron chi connectivity index (χ4n) is 8.51. The van der Waals surface area contributed by atoms with Gasteiger partial charge in [0.2, 0.25) is 5.91 Å². The minimum atomic E-state index is -0.519. The summed E-state index contributed by atoms with van der Waals surface area (Å²) in [5.74, 6) is -0.147. The molecule has 1 aromatic heterocycles. The predicted octanol–water partition coefficient (Wildman–Crippen LogP) is 6.69. The second kappa shape index (κ2) is 16.9. The Morgan fingerprint density at radius 3 is 2.32 bits per heavy atom. The predicted molar refractivity (Wildman–Crippen MR) is 227 cm³/mol. The Bertz CT molecular complexity index is 2400. The second-order valence-corrected chi connectivity index (χ2v) is 15.7. The van der Waals surface area contributed by atoms with E-state index >= 15 is 4.79 Å². The van der Waals surface area contributed by atoms with Crippen LogP contribution in [-0.4, -0.2) is 95.6 Å². The summed E-state index contributed by atoms with van der Waals surface area (Å²) in [6.45, 7) is 8.15. The normalized spacial score (nSPS) is 16.5. The molecule has 1 saturated heterocycles. The molecule has 1 N–H and O–H groups in total. The Balaban J connectivity index is 1.17. The molecule has 4 amide bonds. The van der Waals surface area contributed by atoms with E-state index in [4.69, 9.17) is 9.47 Å². The topological polar surface area (TPSA) is 117 Å². The minimum Gasteiger partial charge on any atom is -0.410 e. The molecule has 1 fully saturated rings. The highest BCUT2D eigenvalue weighted by Gasteiger charge is 2.35. The Kier molecular flexibility index (Phi) is 11.4. The number of aromatic nitrogens is 1. The van der Waals surface area contributed by atoms with Crippen molar-refractivity contribution in [2.24, 2.45) is 7.05 Å². The van der Waals surface area contributed by atoms with Crippen LogP contribution in [-0.2, 0) is 42.5 Å². The third-order valence-corrected chi connectivity index (χ3v) is 11.9. The lowest BCUT2D eigenvalue weighted by molar-refractivity contribution is -0.114. The van der Waals surface area contributed by atoms with Crippen molar-refractivity contribution in [2.75, 3.05) is 56.7 Å². The summed E-state index contributed by atoms with van der Waals surface area (Å²) < 4.78 is 13.5. The van der Waals surface area contributed by atoms with Gasteiger partial charge in [-0.05, 0) is 84.5 Å². The first kappa shape index (κ1) is 39.6. The van der Waals surface area contributed by atoms with Crippen LogP contribution in [0.3, 0.4) is 0 Å². The van der Waals surface area contributed by atoms with Crippen molar-refractivity contribution in [2.45, 2.75) is 45.8 Å². The number of morpholine rings is 1. The fraction of sp³-hybridized carbons (Fsp3) is 0.319. The summed E-state index contributed by atoms with van der Waals surface area (Å²) in [5.41, 5.74) is 8.95. The number of benzene rings is 4. The average Bonchev–Trinajstić information content (AvgIpc) is 3.55. The van der Waals surface area contributed by atoms with Gasteiger partial charge in [0.15, 0.2) is 0 Å². The number of hydrogen-bond donors (Lipinski definition) is 1. The van der Waals surface area contributed by atoms with E-state index in [9.17, 15) is 14.4 Å². The maximum atomic E-state index is 15.4. The summed E-state index contributed by atoms with van der Waals surface area (Å²) in [6.07, 6.45) is 0.755. The quantitative estimate of drug-likeness (QED) is 0.186. The van der Waals surface area contributed by atoms with Crippen LogP contribution in [0, 0.1) is 6.92 Å². The highest BCUT2D eigenvalue weighted by Crippen LogP contribution is 2.36. The molecule has 5 aromatic rings. The lowest BCUT2D eigenvalue weighted by Gasteiger charge is -2.41. The Hall–Kier alpha value is -6.24. The van der Waals surface area contributed by atoms with Gasteiger partial charge in [-0.1, -0.05) is 48.5 Å². The number of para-hydroxylation sites is 1. The van der Waals surface area contributed by atoms with Crippen molar-refractivity contribution in [3.63, 3.8) is 0 Å². The molecule has 0 spiro atoms. The number of nitrogens with one attached hydrogen (secondary N) is 1. The molecule has 3 aliphatic rings. The molecule has 0 unspecified atom stereocenters. The van der Waals surface area contributed by atoms with Crippen molar-refractivity contribution in [1.82, 2.24) is 19.3 Å². The Morgan fingerprint density at radius 1 is 0.814 bits per heavy atom. The first-order valence-corrected chi connectivity index (χ1v) is 20.2. The van der Waals surface area contributed by atoms with E-state index in [1.807, 2.05) is 72.0 Å². The molecule has 12 nitrogen and oxygen atoms in total. The zero-order chi connectivity index (χ0) is 41.2. The van der Waals surface area contributed by atoms with Crippen molar-refractivity contribution in [3.05, 3.63) is 136 Å². The van der Waals surface area contributed by atoms with Crippen LogP contribution in [0.2, 0.25) is 0 Å². The Morgan fingerprint density at radius 2 is 1.56 bits per heavy atom. The average molecular weight is 795 g/mol. The van der Waals surface area contributed by atoms with Gasteiger partial charge < -0.3 is 34.1 Å². The van der Waals surface area contributed by atoms with Crippen molar-refractivity contribution in [1.29, 1.82) is 0 Å². The van der Waals surface area contributed by atoms with Crippen LogP contribution >= 0.6 is 0 Å². The number of nitrogens with zero attached hydrogens (tertiary/aromatic N) is 5. The van der Waals surface area contributed by atoms with Gasteiger partial charge in [-0.15, -0.1) is 0 Å². The molecule has 8 rings (SSSR count). The van der Waals surface area contributed by atoms with Crippen LogP contribution in [0.4, 0.5) is 16.2 Å². The van der Waals surface area contributed by atoms with E-state index in [0.29, 0.717) is 55.3 Å². The van der Waals surface area contributed by atoms with Gasteiger partial charge in [0, 0.05) is 106 Å². The molecule has 4 aromatic carbocycles. The molecule has 4 heterocycles. The molecule has 0 bridgehead atoms. The van der Waals surface area contributed by atoms with E-state index in [0.717, 1.165) is 65.4 Å². The van der Waals surface area contributed by atoms with Crippen molar-refractivity contribution in [3.8, 4) is 17.0 Å². The van der Waals surface area contributed by atoms with E-state index in [1.165, 1.54) is 12.5 Å². The van der Waals surface area contributed by atoms with Gasteiger partial charge in [0.1, 0.15) is 5.75 Å². The highest BCUT2D eigenvalue weighted by atomic mass is 16.6. The summed E-state index contributed by atoms with van der Waals surface area (Å²) in [5, 5.41) is 2.72. The molecule has 0 saturated carbocycles. The number of rotatable bonds is 8. The SMILES string of the molecule is CC(=O)Nc1cccc(OC(=O)N2CCc3cc(-c4cc(C(=O)N(C)c5ccccc5)c(C)n4C)c(C(=O)N4Cc5ccccc5C[C@H]4CN4CCOCC4)cc3C2)c1. The van der Waals surface area contributed by atoms with Crippen molar-refractivity contribution < 1.29 is 28.7 Å². The van der Waals surface area contributed by atoms with Crippen LogP contribution in [0.5, 0.6) is 5.75 Å². The number of carbonyl (C=O) groups is 4. The number of carbonyl (C=O) groups excluding carboxylic acids is 4. The number of fused-ring (bicyclic) bond motifs is 2. The molecule has 3 aliphatic heterocycles. The molecule has 12 heteroatoms. The largest absolute Gasteiger partial charge is 0.415 e. The van der Waals surface area contributed by atoms with E-state index < -0.39 is 6.09 Å². The smallest absolute Gasteiger partial charge is 0.410 e. The fourth-order valence-corrected chi connectivity index (χ4v) is 8.51. The van der Waals surface area contributed by atoms with Gasteiger partial charge >= 0.3 is 6.09 Å². The van der Waals surface area contributed by atoms with Gasteiger partial charge in [-0.25, -0.2) is 4.79 Å². The zero-order valence-electron chi connectivity index (χ0n) is 34.1. The van der Waals surface area contributed by atoms with Crippen molar-refractivity contribution >= 4 is 35.2 Å². The van der Waals surface area contributed by atoms with Gasteiger partial charge in [-0.3, -0.25) is 19.3 Å². The van der Waals surface area contributed by atoms with E-state index in [2.05, 4.69) is 34.5 Å². The Labute approximate surface area is 344 Å². The highest BCUT2D eigenvalue weighted by molar-refractivity contribution is 6.08. The van der Waals surface area contributed by atoms with Gasteiger partial charge in [0.05, 0.1) is 18.8 Å². The van der Waals surface area contributed by atoms with E-state index in [1.54, 1.807) is 41.1 Å². The molecule has 0 aliphatic carbocycles. The summed E-state index contributed by atoms with van der Waals surface area (Å²) >= 11 is 0. The zero-order valence-corrected chi connectivity index (χ0v) is 34.1. The summed E-state index contributed by atoms with van der Waals surface area (Å²) in [7, 11) is 3.71. The number of amides is 4. The molecular formula is C47H50N6O6. The van der Waals surface area contributed by atoms with E-state index in [-0.39, 0.29) is 30.3 Å². The van der Waals surface area contributed by atoms with Gasteiger partial charge in [-0.2, -0.15) is 0 Å². The van der Waals surface area contributed by atoms with Crippen LogP contribution in [0.25, 0.3) is 11.3 Å². The molecule has 1 atom stereocenters. The number of hydrogen-bond acceptors (Lipinski definition) is 7. The van der Waals surface area contributed by atoms with Crippen LogP contribution < -0.4 is 15.0 Å². The lowest BCUT2D eigenvalue weighted by Crippen LogP contribution is -2.52. The monoisotopic (exact) mass is 794 g/mol. The molecule has 59 heavy (non-hydrogen) atoms. The molecule has 0 radical (unpaired) electrons. The molecule has 304 valence electrons. The maximum absolute atomic E-state index is 15.4.